The topological polar surface area (TPSA) is 49.8 Å². The molecule has 0 aromatic heterocycles. The van der Waals surface area contributed by atoms with Gasteiger partial charge in [0.05, 0.1) is 18.4 Å². The van der Waals surface area contributed by atoms with Crippen molar-refractivity contribution in [2.75, 3.05) is 18.6 Å². The van der Waals surface area contributed by atoms with Crippen LogP contribution >= 0.6 is 0 Å². The van der Waals surface area contributed by atoms with Crippen molar-refractivity contribution in [2.45, 2.75) is 32.2 Å². The largest absolute Gasteiger partial charge is 0.497 e. The maximum atomic E-state index is 11.3. The van der Waals surface area contributed by atoms with Gasteiger partial charge in [0.1, 0.15) is 5.75 Å². The summed E-state index contributed by atoms with van der Waals surface area (Å²) in [5.74, 6) is -0.201. The van der Waals surface area contributed by atoms with Crippen molar-refractivity contribution in [3.63, 3.8) is 0 Å². The van der Waals surface area contributed by atoms with Crippen LogP contribution in [0.5, 0.6) is 5.75 Å². The van der Waals surface area contributed by atoms with Crippen molar-refractivity contribution in [2.24, 2.45) is 0 Å². The predicted octanol–water partition coefficient (Wildman–Crippen LogP) is 2.77. The van der Waals surface area contributed by atoms with Crippen molar-refractivity contribution in [3.05, 3.63) is 23.8 Å². The van der Waals surface area contributed by atoms with E-state index in [0.29, 0.717) is 11.3 Å². The molecule has 1 heterocycles. The van der Waals surface area contributed by atoms with Crippen molar-refractivity contribution < 1.29 is 14.6 Å². The Labute approximate surface area is 107 Å². The molecule has 1 aromatic carbocycles. The molecule has 1 aliphatic rings. The molecule has 0 spiro atoms. The number of nitrogens with zero attached hydrogens (tertiary/aromatic N) is 1. The molecule has 4 heteroatoms. The van der Waals surface area contributed by atoms with E-state index in [9.17, 15) is 9.90 Å². The van der Waals surface area contributed by atoms with Gasteiger partial charge in [-0.05, 0) is 38.8 Å². The molecule has 2 rings (SSSR count). The summed E-state index contributed by atoms with van der Waals surface area (Å²) >= 11 is 0. The van der Waals surface area contributed by atoms with E-state index in [0.717, 1.165) is 25.1 Å². The Kier molecular flexibility index (Phi) is 3.20. The Morgan fingerprint density at radius 2 is 2.17 bits per heavy atom. The second-order valence-electron chi connectivity index (χ2n) is 5.26. The van der Waals surface area contributed by atoms with Gasteiger partial charge in [-0.25, -0.2) is 4.79 Å². The van der Waals surface area contributed by atoms with Gasteiger partial charge in [0.2, 0.25) is 0 Å². The smallest absolute Gasteiger partial charge is 0.337 e. The number of carboxylic acid groups (broad SMARTS) is 1. The fourth-order valence-corrected chi connectivity index (χ4v) is 2.60. The number of hydrogen-bond donors (Lipinski definition) is 1. The predicted molar refractivity (Wildman–Crippen MR) is 70.6 cm³/mol. The highest BCUT2D eigenvalue weighted by Crippen LogP contribution is 2.37. The molecule has 0 unspecified atom stereocenters. The van der Waals surface area contributed by atoms with Gasteiger partial charge in [0.25, 0.3) is 0 Å². The monoisotopic (exact) mass is 249 g/mol. The molecule has 4 nitrogen and oxygen atoms in total. The van der Waals surface area contributed by atoms with Crippen LogP contribution in [0.1, 0.15) is 37.0 Å². The minimum absolute atomic E-state index is 0.00341. The molecule has 0 aliphatic carbocycles. The number of benzene rings is 1. The van der Waals surface area contributed by atoms with Gasteiger partial charge >= 0.3 is 5.97 Å². The lowest BCUT2D eigenvalue weighted by Gasteiger charge is -2.34. The van der Waals surface area contributed by atoms with E-state index in [1.807, 2.05) is 6.07 Å². The third kappa shape index (κ3) is 2.15. The third-order valence-electron chi connectivity index (χ3n) is 3.63. The standard InChI is InChI=1S/C14H19NO3/c1-14(2)7-4-8-15(14)12-9-10(18-3)5-6-11(12)13(16)17/h5-6,9H,4,7-8H2,1-3H3,(H,16,17). The first-order valence-corrected chi connectivity index (χ1v) is 6.15. The molecule has 98 valence electrons. The van der Waals surface area contributed by atoms with E-state index in [4.69, 9.17) is 4.74 Å². The number of hydrogen-bond acceptors (Lipinski definition) is 3. The van der Waals surface area contributed by atoms with Crippen LogP contribution in [0.15, 0.2) is 18.2 Å². The van der Waals surface area contributed by atoms with Gasteiger partial charge < -0.3 is 14.7 Å². The Bertz CT molecular complexity index is 468. The lowest BCUT2D eigenvalue weighted by Crippen LogP contribution is -2.39. The summed E-state index contributed by atoms with van der Waals surface area (Å²) in [7, 11) is 1.59. The van der Waals surface area contributed by atoms with Crippen molar-refractivity contribution in [1.29, 1.82) is 0 Å². The van der Waals surface area contributed by atoms with Crippen molar-refractivity contribution >= 4 is 11.7 Å². The van der Waals surface area contributed by atoms with Crippen molar-refractivity contribution in [1.82, 2.24) is 0 Å². The maximum Gasteiger partial charge on any atom is 0.337 e. The number of carboxylic acids is 1. The SMILES string of the molecule is COc1ccc(C(=O)O)c(N2CCCC2(C)C)c1. The number of ether oxygens (including phenoxy) is 1. The van der Waals surface area contributed by atoms with Gasteiger partial charge in [-0.3, -0.25) is 0 Å². The van der Waals surface area contributed by atoms with Crippen LogP contribution in [0.25, 0.3) is 0 Å². The van der Waals surface area contributed by atoms with E-state index >= 15 is 0 Å². The highest BCUT2D eigenvalue weighted by atomic mass is 16.5. The zero-order valence-corrected chi connectivity index (χ0v) is 11.1. The zero-order valence-electron chi connectivity index (χ0n) is 11.1. The number of aromatic carboxylic acids is 1. The minimum atomic E-state index is -0.893. The van der Waals surface area contributed by atoms with Crippen LogP contribution in [0.2, 0.25) is 0 Å². The van der Waals surface area contributed by atoms with Crippen LogP contribution in [-0.4, -0.2) is 30.3 Å². The van der Waals surface area contributed by atoms with Gasteiger partial charge in [-0.15, -0.1) is 0 Å². The molecule has 18 heavy (non-hydrogen) atoms. The second-order valence-corrected chi connectivity index (χ2v) is 5.26. The van der Waals surface area contributed by atoms with E-state index in [1.54, 1.807) is 19.2 Å². The number of carbonyl (C=O) groups is 1. The van der Waals surface area contributed by atoms with E-state index in [2.05, 4.69) is 18.7 Å². The Hall–Kier alpha value is -1.71. The zero-order chi connectivity index (χ0) is 13.3. The number of rotatable bonds is 3. The highest BCUT2D eigenvalue weighted by Gasteiger charge is 2.34. The lowest BCUT2D eigenvalue weighted by molar-refractivity contribution is 0.0697. The van der Waals surface area contributed by atoms with Gasteiger partial charge in [-0.1, -0.05) is 0 Å². The molecule has 0 saturated carbocycles. The third-order valence-corrected chi connectivity index (χ3v) is 3.63. The summed E-state index contributed by atoms with van der Waals surface area (Å²) in [5.41, 5.74) is 1.09. The van der Waals surface area contributed by atoms with Crippen molar-refractivity contribution in [3.8, 4) is 5.75 Å². The van der Waals surface area contributed by atoms with Gasteiger partial charge in [0, 0.05) is 18.2 Å². The summed E-state index contributed by atoms with van der Waals surface area (Å²) in [5, 5.41) is 9.29. The van der Waals surface area contributed by atoms with Gasteiger partial charge in [0.15, 0.2) is 0 Å². The summed E-state index contributed by atoms with van der Waals surface area (Å²) in [6.45, 7) is 5.18. The van der Waals surface area contributed by atoms with Gasteiger partial charge in [-0.2, -0.15) is 0 Å². The summed E-state index contributed by atoms with van der Waals surface area (Å²) in [4.78, 5) is 13.5. The molecule has 0 radical (unpaired) electrons. The quantitative estimate of drug-likeness (QED) is 0.895. The van der Waals surface area contributed by atoms with Crippen LogP contribution in [0.3, 0.4) is 0 Å². The molecule has 0 bridgehead atoms. The first kappa shape index (κ1) is 12.7. The van der Waals surface area contributed by atoms with Crippen LogP contribution < -0.4 is 9.64 Å². The Balaban J connectivity index is 2.50. The molecule has 1 aromatic rings. The number of anilines is 1. The minimum Gasteiger partial charge on any atom is -0.497 e. The molecule has 1 aliphatic heterocycles. The number of methoxy groups -OCH3 is 1. The Morgan fingerprint density at radius 1 is 1.44 bits per heavy atom. The normalized spacial score (nSPS) is 17.8. The lowest BCUT2D eigenvalue weighted by atomic mass is 10.0. The fraction of sp³-hybridized carbons (Fsp3) is 0.500. The summed E-state index contributed by atoms with van der Waals surface area (Å²) in [6.07, 6.45) is 2.16. The average Bonchev–Trinajstić information content (AvgIpc) is 2.67. The van der Waals surface area contributed by atoms with E-state index in [1.165, 1.54) is 0 Å². The first-order chi connectivity index (χ1) is 8.45. The summed E-state index contributed by atoms with van der Waals surface area (Å²) < 4.78 is 5.20. The Morgan fingerprint density at radius 3 is 2.67 bits per heavy atom. The van der Waals surface area contributed by atoms with E-state index in [-0.39, 0.29) is 5.54 Å². The fourth-order valence-electron chi connectivity index (χ4n) is 2.60. The van der Waals surface area contributed by atoms with Crippen LogP contribution in [-0.2, 0) is 0 Å². The van der Waals surface area contributed by atoms with Crippen LogP contribution in [0.4, 0.5) is 5.69 Å². The second kappa shape index (κ2) is 4.52. The maximum absolute atomic E-state index is 11.3. The van der Waals surface area contributed by atoms with Crippen LogP contribution in [0, 0.1) is 0 Å². The summed E-state index contributed by atoms with van der Waals surface area (Å²) in [6, 6.07) is 5.12. The molecule has 1 saturated heterocycles. The molecular weight excluding hydrogens is 230 g/mol. The molecule has 1 fully saturated rings. The molecule has 1 N–H and O–H groups in total. The van der Waals surface area contributed by atoms with E-state index < -0.39 is 5.97 Å². The molecule has 0 atom stereocenters. The molecular formula is C14H19NO3. The highest BCUT2D eigenvalue weighted by molar-refractivity contribution is 5.95. The average molecular weight is 249 g/mol. The molecule has 0 amide bonds. The first-order valence-electron chi connectivity index (χ1n) is 6.15.